The van der Waals surface area contributed by atoms with E-state index in [9.17, 15) is 27.2 Å². The van der Waals surface area contributed by atoms with Crippen LogP contribution >= 0.6 is 15.9 Å². The molecule has 6 nitrogen and oxygen atoms in total. The molecule has 0 aliphatic carbocycles. The predicted octanol–water partition coefficient (Wildman–Crippen LogP) is 6.79. The van der Waals surface area contributed by atoms with Crippen LogP contribution in [0.4, 0.5) is 29.2 Å². The summed E-state index contributed by atoms with van der Waals surface area (Å²) in [5.41, 5.74) is 3.62. The Labute approximate surface area is 228 Å². The second kappa shape index (κ2) is 9.26. The molecule has 1 aliphatic rings. The van der Waals surface area contributed by atoms with Crippen molar-refractivity contribution in [2.24, 2.45) is 5.73 Å². The summed E-state index contributed by atoms with van der Waals surface area (Å²) in [5.74, 6) is -2.13. The Balaban J connectivity index is 1.83. The van der Waals surface area contributed by atoms with Crippen LogP contribution in [0.5, 0.6) is 0 Å². The minimum Gasteiger partial charge on any atom is -0.366 e. The van der Waals surface area contributed by atoms with E-state index in [-0.39, 0.29) is 33.0 Å². The van der Waals surface area contributed by atoms with Gasteiger partial charge in [-0.25, -0.2) is 19.3 Å². The molecule has 4 aromatic rings. The Morgan fingerprint density at radius 2 is 1.67 bits per heavy atom. The fourth-order valence-electron chi connectivity index (χ4n) is 4.91. The second-order valence-corrected chi connectivity index (χ2v) is 10.3. The van der Waals surface area contributed by atoms with E-state index in [1.54, 1.807) is 38.1 Å². The summed E-state index contributed by atoms with van der Waals surface area (Å²) in [4.78, 5) is 35.7. The van der Waals surface area contributed by atoms with Crippen molar-refractivity contribution in [1.29, 1.82) is 0 Å². The van der Waals surface area contributed by atoms with Gasteiger partial charge in [-0.05, 0) is 94.0 Å². The van der Waals surface area contributed by atoms with Gasteiger partial charge in [-0.3, -0.25) is 9.59 Å². The maximum absolute atomic E-state index is 14.3. The number of halogens is 5. The van der Waals surface area contributed by atoms with Gasteiger partial charge in [-0.2, -0.15) is 13.2 Å². The van der Waals surface area contributed by atoms with Crippen LogP contribution in [0.1, 0.15) is 35.3 Å². The summed E-state index contributed by atoms with van der Waals surface area (Å²) in [6.45, 7) is 3.38. The lowest BCUT2D eigenvalue weighted by Crippen LogP contribution is -2.34. The third-order valence-corrected chi connectivity index (χ3v) is 7.23. The monoisotopic (exact) mass is 598 g/mol. The van der Waals surface area contributed by atoms with Crippen molar-refractivity contribution in [3.05, 3.63) is 94.0 Å². The molecule has 0 saturated heterocycles. The molecule has 1 aromatic heterocycles. The van der Waals surface area contributed by atoms with Crippen molar-refractivity contribution < 1.29 is 27.2 Å². The minimum absolute atomic E-state index is 0.0159. The first kappa shape index (κ1) is 26.5. The molecule has 0 bridgehead atoms. The smallest absolute Gasteiger partial charge is 0.366 e. The average Bonchev–Trinajstić information content (AvgIpc) is 3.09. The molecule has 39 heavy (non-hydrogen) atoms. The van der Waals surface area contributed by atoms with Crippen LogP contribution in [0, 0.1) is 5.82 Å². The topological polar surface area (TPSA) is 89.2 Å². The van der Waals surface area contributed by atoms with Crippen molar-refractivity contribution in [2.75, 3.05) is 4.90 Å². The number of fused-ring (bicyclic) bond motifs is 1. The largest absolute Gasteiger partial charge is 0.417 e. The Hall–Kier alpha value is -4.12. The SMILES string of the molecule is CC1(C)C(=O)N(c2ncccn2)c2cccc(-c3cc(C(N)=O)c(C(F)(F)F)c(-c4ccc(F)c(Br)c4)c3)c21. The Morgan fingerprint density at radius 3 is 2.28 bits per heavy atom. The zero-order chi connectivity index (χ0) is 28.3. The first-order valence-corrected chi connectivity index (χ1v) is 12.4. The Bertz CT molecular complexity index is 1660. The van der Waals surface area contributed by atoms with Crippen LogP contribution in [0.25, 0.3) is 22.3 Å². The van der Waals surface area contributed by atoms with Gasteiger partial charge in [0.2, 0.25) is 17.8 Å². The third-order valence-electron chi connectivity index (χ3n) is 6.63. The molecule has 0 spiro atoms. The van der Waals surface area contributed by atoms with Gasteiger partial charge >= 0.3 is 6.18 Å². The fraction of sp³-hybridized carbons (Fsp3) is 0.143. The van der Waals surface area contributed by atoms with Crippen LogP contribution in [-0.4, -0.2) is 21.8 Å². The Kier molecular flexibility index (Phi) is 6.29. The van der Waals surface area contributed by atoms with Gasteiger partial charge in [-0.15, -0.1) is 0 Å². The van der Waals surface area contributed by atoms with Crippen molar-refractivity contribution in [3.63, 3.8) is 0 Å². The number of primary amides is 1. The number of anilines is 2. The molecular weight excluding hydrogens is 580 g/mol. The number of nitrogens with zero attached hydrogens (tertiary/aromatic N) is 3. The average molecular weight is 599 g/mol. The van der Waals surface area contributed by atoms with Gasteiger partial charge in [-0.1, -0.05) is 18.2 Å². The summed E-state index contributed by atoms with van der Waals surface area (Å²) < 4.78 is 56.9. The van der Waals surface area contributed by atoms with Gasteiger partial charge in [0, 0.05) is 12.4 Å². The maximum Gasteiger partial charge on any atom is 0.417 e. The highest BCUT2D eigenvalue weighted by molar-refractivity contribution is 9.10. The quantitative estimate of drug-likeness (QED) is 0.262. The van der Waals surface area contributed by atoms with Crippen LogP contribution in [0.2, 0.25) is 0 Å². The standard InChI is InChI=1S/C28H19BrF4N4O2/c1-27(2)23-16(5-3-6-21(23)37(25(27)39)26-35-9-4-10-36-26)15-11-17(14-7-8-20(30)19(29)13-14)22(28(31,32)33)18(12-15)24(34)38/h3-13H,1-2H3,(H2,34,38). The number of carbonyl (C=O) groups is 2. The highest BCUT2D eigenvalue weighted by Gasteiger charge is 2.47. The predicted molar refractivity (Wildman–Crippen MR) is 141 cm³/mol. The lowest BCUT2D eigenvalue weighted by molar-refractivity contribution is -0.137. The number of alkyl halides is 3. The normalized spacial score (nSPS) is 14.4. The number of hydrogen-bond acceptors (Lipinski definition) is 4. The molecule has 198 valence electrons. The number of amides is 2. The molecule has 1 aliphatic heterocycles. The van der Waals surface area contributed by atoms with E-state index in [0.717, 1.165) is 12.1 Å². The van der Waals surface area contributed by atoms with Crippen molar-refractivity contribution in [3.8, 4) is 22.3 Å². The van der Waals surface area contributed by atoms with Gasteiger partial charge in [0.05, 0.1) is 26.7 Å². The molecule has 2 heterocycles. The van der Waals surface area contributed by atoms with Gasteiger partial charge in [0.25, 0.3) is 0 Å². The zero-order valence-corrected chi connectivity index (χ0v) is 22.1. The molecule has 11 heteroatoms. The molecular formula is C28H19BrF4N4O2. The third kappa shape index (κ3) is 4.36. The lowest BCUT2D eigenvalue weighted by Gasteiger charge is -2.22. The van der Waals surface area contributed by atoms with E-state index < -0.39 is 34.4 Å². The van der Waals surface area contributed by atoms with Gasteiger partial charge < -0.3 is 5.73 Å². The molecule has 5 rings (SSSR count). The van der Waals surface area contributed by atoms with Gasteiger partial charge in [0.1, 0.15) is 5.82 Å². The number of aromatic nitrogens is 2. The van der Waals surface area contributed by atoms with Crippen LogP contribution in [0.15, 0.2) is 71.5 Å². The summed E-state index contributed by atoms with van der Waals surface area (Å²) in [5, 5.41) is 0. The number of carbonyl (C=O) groups excluding carboxylic acids is 2. The lowest BCUT2D eigenvalue weighted by atomic mass is 9.80. The van der Waals surface area contributed by atoms with E-state index >= 15 is 0 Å². The molecule has 2 N–H and O–H groups in total. The summed E-state index contributed by atoms with van der Waals surface area (Å²) in [7, 11) is 0. The van der Waals surface area contributed by atoms with Crippen molar-refractivity contribution in [2.45, 2.75) is 25.4 Å². The summed E-state index contributed by atoms with van der Waals surface area (Å²) >= 11 is 3.02. The van der Waals surface area contributed by atoms with E-state index in [4.69, 9.17) is 5.73 Å². The number of benzene rings is 3. The highest BCUT2D eigenvalue weighted by Crippen LogP contribution is 2.50. The molecule has 0 unspecified atom stereocenters. The van der Waals surface area contributed by atoms with Crippen LogP contribution in [0.3, 0.4) is 0 Å². The minimum atomic E-state index is -4.95. The van der Waals surface area contributed by atoms with E-state index in [0.29, 0.717) is 16.8 Å². The fourth-order valence-corrected chi connectivity index (χ4v) is 5.29. The van der Waals surface area contributed by atoms with Crippen LogP contribution in [-0.2, 0) is 16.4 Å². The summed E-state index contributed by atoms with van der Waals surface area (Å²) in [6, 6.07) is 12.4. The summed E-state index contributed by atoms with van der Waals surface area (Å²) in [6.07, 6.45) is -1.96. The zero-order valence-electron chi connectivity index (χ0n) is 20.5. The highest BCUT2D eigenvalue weighted by atomic mass is 79.9. The first-order valence-electron chi connectivity index (χ1n) is 11.6. The molecule has 0 radical (unpaired) electrons. The molecule has 3 aromatic carbocycles. The van der Waals surface area contributed by atoms with E-state index in [1.807, 2.05) is 0 Å². The van der Waals surface area contributed by atoms with Gasteiger partial charge in [0.15, 0.2) is 0 Å². The van der Waals surface area contributed by atoms with Crippen LogP contribution < -0.4 is 10.6 Å². The van der Waals surface area contributed by atoms with E-state index in [1.165, 1.54) is 35.5 Å². The van der Waals surface area contributed by atoms with Crippen molar-refractivity contribution >= 4 is 39.4 Å². The van der Waals surface area contributed by atoms with Crippen molar-refractivity contribution in [1.82, 2.24) is 9.97 Å². The molecule has 0 atom stereocenters. The molecule has 2 amide bonds. The number of hydrogen-bond donors (Lipinski definition) is 1. The molecule has 0 saturated carbocycles. The maximum atomic E-state index is 14.3. The Morgan fingerprint density at radius 1 is 0.974 bits per heavy atom. The van der Waals surface area contributed by atoms with E-state index in [2.05, 4.69) is 25.9 Å². The molecule has 0 fully saturated rings. The number of nitrogens with two attached hydrogens (primary N) is 1. The first-order chi connectivity index (χ1) is 18.3. The number of rotatable bonds is 4. The second-order valence-electron chi connectivity index (χ2n) is 9.45.